The van der Waals surface area contributed by atoms with Crippen molar-refractivity contribution >= 4 is 18.7 Å². The minimum absolute atomic E-state index is 0.201. The normalized spacial score (nSPS) is 22.7. The Morgan fingerprint density at radius 3 is 1.85 bits per heavy atom. The quantitative estimate of drug-likeness (QED) is 0.149. The van der Waals surface area contributed by atoms with Gasteiger partial charge in [-0.1, -0.05) is 124 Å². The zero-order valence-corrected chi connectivity index (χ0v) is 29.8. The molecular formula is C40H48O7Si. The summed E-state index contributed by atoms with van der Waals surface area (Å²) in [7, 11) is -1.21. The average molecular weight is 669 g/mol. The van der Waals surface area contributed by atoms with E-state index in [0.717, 1.165) is 16.9 Å². The molecule has 0 aliphatic carbocycles. The van der Waals surface area contributed by atoms with Crippen LogP contribution in [0.25, 0.3) is 0 Å². The van der Waals surface area contributed by atoms with Crippen molar-refractivity contribution in [2.45, 2.75) is 89.4 Å². The third-order valence-electron chi connectivity index (χ3n) is 9.18. The lowest BCUT2D eigenvalue weighted by Crippen LogP contribution is -2.67. The van der Waals surface area contributed by atoms with Crippen molar-refractivity contribution in [2.24, 2.45) is 0 Å². The Hall–Kier alpha value is -3.34. The van der Waals surface area contributed by atoms with Gasteiger partial charge in [0.2, 0.25) is 0 Å². The topological polar surface area (TPSA) is 64.6 Å². The Kier molecular flexibility index (Phi) is 10.5. The summed E-state index contributed by atoms with van der Waals surface area (Å²) < 4.78 is 45.6. The molecule has 0 unspecified atom stereocenters. The van der Waals surface area contributed by atoms with Gasteiger partial charge in [-0.15, -0.1) is 0 Å². The molecule has 4 aromatic rings. The second-order valence-electron chi connectivity index (χ2n) is 14.0. The highest BCUT2D eigenvalue weighted by molar-refractivity contribution is 6.99. The average Bonchev–Trinajstić information content (AvgIpc) is 3.57. The number of hydrogen-bond acceptors (Lipinski definition) is 7. The first-order valence-electron chi connectivity index (χ1n) is 16.8. The highest BCUT2D eigenvalue weighted by Crippen LogP contribution is 2.42. The van der Waals surface area contributed by atoms with E-state index in [1.165, 1.54) is 10.4 Å². The van der Waals surface area contributed by atoms with Crippen molar-refractivity contribution < 1.29 is 32.8 Å². The fourth-order valence-electron chi connectivity index (χ4n) is 6.89. The Morgan fingerprint density at radius 1 is 0.729 bits per heavy atom. The van der Waals surface area contributed by atoms with E-state index in [1.54, 1.807) is 7.11 Å². The molecule has 0 N–H and O–H groups in total. The number of rotatable bonds is 13. The molecule has 2 fully saturated rings. The van der Waals surface area contributed by atoms with Crippen LogP contribution in [0.4, 0.5) is 0 Å². The molecular weight excluding hydrogens is 621 g/mol. The highest BCUT2D eigenvalue weighted by Gasteiger charge is 2.58. The summed E-state index contributed by atoms with van der Waals surface area (Å²) in [5.41, 5.74) is 2.08. The van der Waals surface area contributed by atoms with Gasteiger partial charge < -0.3 is 32.8 Å². The summed E-state index contributed by atoms with van der Waals surface area (Å²) in [6.07, 6.45) is -2.51. The van der Waals surface area contributed by atoms with E-state index in [0.29, 0.717) is 13.2 Å². The van der Waals surface area contributed by atoms with Gasteiger partial charge in [-0.25, -0.2) is 0 Å². The zero-order valence-electron chi connectivity index (χ0n) is 28.8. The third-order valence-corrected chi connectivity index (χ3v) is 14.2. The largest absolute Gasteiger partial charge is 0.497 e. The number of fused-ring (bicyclic) bond motifs is 1. The lowest BCUT2D eigenvalue weighted by Gasteiger charge is -2.44. The zero-order chi connectivity index (χ0) is 33.8. The number of ether oxygens (including phenoxy) is 6. The summed E-state index contributed by atoms with van der Waals surface area (Å²) in [6.45, 7) is 11.7. The van der Waals surface area contributed by atoms with Crippen LogP contribution in [0.3, 0.4) is 0 Å². The molecule has 0 bridgehead atoms. The van der Waals surface area contributed by atoms with E-state index in [4.69, 9.17) is 32.8 Å². The van der Waals surface area contributed by atoms with Gasteiger partial charge in [-0.2, -0.15) is 0 Å². The molecule has 2 saturated heterocycles. The van der Waals surface area contributed by atoms with Gasteiger partial charge >= 0.3 is 0 Å². The van der Waals surface area contributed by atoms with E-state index >= 15 is 0 Å². The molecule has 5 atom stereocenters. The van der Waals surface area contributed by atoms with Crippen molar-refractivity contribution in [3.63, 3.8) is 0 Å². The molecule has 0 amide bonds. The molecule has 0 saturated carbocycles. The van der Waals surface area contributed by atoms with Crippen LogP contribution >= 0.6 is 0 Å². The summed E-state index contributed by atoms with van der Waals surface area (Å²) >= 11 is 0. The maximum absolute atomic E-state index is 7.41. The lowest BCUT2D eigenvalue weighted by molar-refractivity contribution is -0.236. The van der Waals surface area contributed by atoms with Crippen LogP contribution in [0.15, 0.2) is 115 Å². The van der Waals surface area contributed by atoms with Crippen LogP contribution in [0, 0.1) is 0 Å². The van der Waals surface area contributed by atoms with Crippen molar-refractivity contribution in [3.05, 3.63) is 126 Å². The first kappa shape index (κ1) is 34.5. The van der Waals surface area contributed by atoms with Crippen LogP contribution in [-0.4, -0.2) is 58.5 Å². The molecule has 2 heterocycles. The fraction of sp³-hybridized carbons (Fsp3) is 0.400. The lowest BCUT2D eigenvalue weighted by atomic mass is 10.1. The first-order chi connectivity index (χ1) is 23.1. The van der Waals surface area contributed by atoms with Gasteiger partial charge in [0.1, 0.15) is 30.2 Å². The molecule has 0 aromatic heterocycles. The Balaban J connectivity index is 1.34. The van der Waals surface area contributed by atoms with Crippen LogP contribution in [0.2, 0.25) is 5.04 Å². The fourth-order valence-corrected chi connectivity index (χ4v) is 11.5. The summed E-state index contributed by atoms with van der Waals surface area (Å²) in [6, 6.07) is 39.4. The molecule has 7 nitrogen and oxygen atoms in total. The molecule has 0 radical (unpaired) electrons. The predicted octanol–water partition coefficient (Wildman–Crippen LogP) is 6.62. The molecule has 6 rings (SSSR count). The first-order valence-corrected chi connectivity index (χ1v) is 18.7. The molecule has 48 heavy (non-hydrogen) atoms. The predicted molar refractivity (Wildman–Crippen MR) is 189 cm³/mol. The smallest absolute Gasteiger partial charge is 0.261 e. The van der Waals surface area contributed by atoms with Crippen molar-refractivity contribution in [1.82, 2.24) is 0 Å². The Labute approximate surface area is 286 Å². The second kappa shape index (κ2) is 14.6. The van der Waals surface area contributed by atoms with E-state index in [-0.39, 0.29) is 11.6 Å². The molecule has 4 aromatic carbocycles. The number of benzene rings is 4. The molecule has 2 aliphatic heterocycles. The highest BCUT2D eigenvalue weighted by atomic mass is 28.4. The van der Waals surface area contributed by atoms with Crippen molar-refractivity contribution in [1.29, 1.82) is 0 Å². The van der Waals surface area contributed by atoms with Crippen LogP contribution in [-0.2, 0) is 41.3 Å². The summed E-state index contributed by atoms with van der Waals surface area (Å²) in [4.78, 5) is 0. The molecule has 8 heteroatoms. The number of hydrogen-bond donors (Lipinski definition) is 0. The molecule has 254 valence electrons. The monoisotopic (exact) mass is 668 g/mol. The van der Waals surface area contributed by atoms with Crippen molar-refractivity contribution in [2.75, 3.05) is 13.7 Å². The SMILES string of the molecule is COc1ccc(CO[C@H]2[C@H]3OC(C)(C)O[C@H]3O[C@@H]2[C@@H](CO[Si](c2ccccc2)(c2ccccc2)C(C)(C)C)OCc2ccccc2)cc1. The van der Waals surface area contributed by atoms with Crippen LogP contribution in [0.1, 0.15) is 45.7 Å². The minimum Gasteiger partial charge on any atom is -0.497 e. The molecule has 0 spiro atoms. The summed E-state index contributed by atoms with van der Waals surface area (Å²) in [5, 5.41) is 2.21. The van der Waals surface area contributed by atoms with Gasteiger partial charge in [-0.05, 0) is 52.5 Å². The van der Waals surface area contributed by atoms with E-state index in [2.05, 4.69) is 93.6 Å². The Bertz CT molecular complexity index is 1540. The maximum atomic E-state index is 7.41. The van der Waals surface area contributed by atoms with Gasteiger partial charge in [0.15, 0.2) is 12.1 Å². The van der Waals surface area contributed by atoms with E-state index in [9.17, 15) is 0 Å². The molecule has 2 aliphatic rings. The maximum Gasteiger partial charge on any atom is 0.261 e. The van der Waals surface area contributed by atoms with Crippen molar-refractivity contribution in [3.8, 4) is 5.75 Å². The van der Waals surface area contributed by atoms with Gasteiger partial charge in [0.25, 0.3) is 8.32 Å². The van der Waals surface area contributed by atoms with E-state index < -0.39 is 44.8 Å². The van der Waals surface area contributed by atoms with Crippen LogP contribution < -0.4 is 15.1 Å². The minimum atomic E-state index is -2.88. The Morgan fingerprint density at radius 2 is 1.29 bits per heavy atom. The van der Waals surface area contributed by atoms with Gasteiger partial charge in [0.05, 0.1) is 26.9 Å². The standard InChI is InChI=1S/C40H48O7Si/c1-39(2,3)48(32-18-12-8-13-19-32,33-20-14-9-15-21-33)44-28-34(42-26-29-16-10-7-11-17-29)35-36(37-38(45-35)47-40(4,5)46-37)43-27-30-22-24-31(41-6)25-23-30/h7-25,34-38H,26-28H2,1-6H3/t34-,35-,36-,37-,38-/m1/s1. The summed E-state index contributed by atoms with van der Waals surface area (Å²) in [5.74, 6) is -0.00146. The second-order valence-corrected chi connectivity index (χ2v) is 18.3. The number of methoxy groups -OCH3 is 1. The van der Waals surface area contributed by atoms with Gasteiger partial charge in [-0.3, -0.25) is 0 Å². The van der Waals surface area contributed by atoms with E-state index in [1.807, 2.05) is 56.3 Å². The van der Waals surface area contributed by atoms with Gasteiger partial charge in [0, 0.05) is 0 Å². The van der Waals surface area contributed by atoms with Crippen LogP contribution in [0.5, 0.6) is 5.75 Å². The third kappa shape index (κ3) is 7.45.